The molecule has 1 fully saturated rings. The third-order valence-electron chi connectivity index (χ3n) is 2.81. The minimum atomic E-state index is -0.919. The summed E-state index contributed by atoms with van der Waals surface area (Å²) in [4.78, 5) is 15.0. The van der Waals surface area contributed by atoms with Crippen molar-refractivity contribution >= 4 is 11.6 Å². The number of hydrogen-bond donors (Lipinski definition) is 1. The monoisotopic (exact) mass is 202 g/mol. The lowest BCUT2D eigenvalue weighted by molar-refractivity contribution is 0.0699. The van der Waals surface area contributed by atoms with Gasteiger partial charge in [-0.05, 0) is 30.9 Å². The van der Waals surface area contributed by atoms with Gasteiger partial charge in [0.2, 0.25) is 0 Å². The number of rotatable bonds is 2. The lowest BCUT2D eigenvalue weighted by atomic mass is 10.3. The van der Waals surface area contributed by atoms with Gasteiger partial charge in [-0.15, -0.1) is 0 Å². The van der Waals surface area contributed by atoms with Gasteiger partial charge in [-0.1, -0.05) is 0 Å². The van der Waals surface area contributed by atoms with Crippen molar-refractivity contribution in [3.63, 3.8) is 0 Å². The number of nitrogens with zero attached hydrogens (tertiary/aromatic N) is 2. The van der Waals surface area contributed by atoms with Gasteiger partial charge in [-0.2, -0.15) is 0 Å². The predicted molar refractivity (Wildman–Crippen MR) is 54.1 cm³/mol. The summed E-state index contributed by atoms with van der Waals surface area (Å²) in [7, 11) is 0. The fourth-order valence-electron chi connectivity index (χ4n) is 1.91. The highest BCUT2D eigenvalue weighted by Crippen LogP contribution is 2.40. The standard InChI is InChI=1S/C11H10N2O2/c14-11(15)8-4-6-13-9(7-1-2-7)3-5-12-10(8)13/h3-7H,1-2H2,(H,14,15). The van der Waals surface area contributed by atoms with E-state index in [1.54, 1.807) is 18.5 Å². The van der Waals surface area contributed by atoms with Gasteiger partial charge in [-0.3, -0.25) is 0 Å². The molecule has 1 aliphatic carbocycles. The molecule has 2 aromatic heterocycles. The predicted octanol–water partition coefficient (Wildman–Crippen LogP) is 1.91. The maximum atomic E-state index is 10.9. The fourth-order valence-corrected chi connectivity index (χ4v) is 1.91. The molecule has 0 saturated heterocycles. The minimum absolute atomic E-state index is 0.275. The molecule has 15 heavy (non-hydrogen) atoms. The second-order valence-corrected chi connectivity index (χ2v) is 3.87. The Morgan fingerprint density at radius 3 is 2.93 bits per heavy atom. The van der Waals surface area contributed by atoms with Crippen LogP contribution < -0.4 is 0 Å². The molecule has 0 aliphatic heterocycles. The van der Waals surface area contributed by atoms with Crippen molar-refractivity contribution in [2.75, 3.05) is 0 Å². The quantitative estimate of drug-likeness (QED) is 0.809. The van der Waals surface area contributed by atoms with Gasteiger partial charge in [0.25, 0.3) is 0 Å². The van der Waals surface area contributed by atoms with Crippen molar-refractivity contribution in [2.45, 2.75) is 18.8 Å². The maximum absolute atomic E-state index is 10.9. The summed E-state index contributed by atoms with van der Waals surface area (Å²) >= 11 is 0. The molecule has 4 heteroatoms. The smallest absolute Gasteiger partial charge is 0.339 e. The van der Waals surface area contributed by atoms with Gasteiger partial charge in [0.15, 0.2) is 5.65 Å². The van der Waals surface area contributed by atoms with Crippen LogP contribution in [0.5, 0.6) is 0 Å². The van der Waals surface area contributed by atoms with E-state index in [9.17, 15) is 4.79 Å². The van der Waals surface area contributed by atoms with Crippen molar-refractivity contribution in [1.29, 1.82) is 0 Å². The highest BCUT2D eigenvalue weighted by molar-refractivity contribution is 5.94. The summed E-state index contributed by atoms with van der Waals surface area (Å²) in [6, 6.07) is 3.58. The van der Waals surface area contributed by atoms with E-state index in [0.717, 1.165) is 0 Å². The van der Waals surface area contributed by atoms with Crippen molar-refractivity contribution in [1.82, 2.24) is 9.38 Å². The third-order valence-corrected chi connectivity index (χ3v) is 2.81. The number of aromatic nitrogens is 2. The Morgan fingerprint density at radius 1 is 1.47 bits per heavy atom. The number of aromatic carboxylic acids is 1. The first-order valence-corrected chi connectivity index (χ1v) is 4.96. The first kappa shape index (κ1) is 8.47. The van der Waals surface area contributed by atoms with Crippen molar-refractivity contribution in [3.05, 3.63) is 35.8 Å². The van der Waals surface area contributed by atoms with E-state index in [-0.39, 0.29) is 5.56 Å². The molecule has 1 saturated carbocycles. The molecule has 0 spiro atoms. The molecule has 0 radical (unpaired) electrons. The molecule has 2 heterocycles. The number of carboxylic acid groups (broad SMARTS) is 1. The summed E-state index contributed by atoms with van der Waals surface area (Å²) in [5.74, 6) is -0.331. The molecular formula is C11H10N2O2. The lowest BCUT2D eigenvalue weighted by Crippen LogP contribution is -2.00. The van der Waals surface area contributed by atoms with E-state index < -0.39 is 5.97 Å². The Hall–Kier alpha value is -1.84. The van der Waals surface area contributed by atoms with Crippen LogP contribution in [0.25, 0.3) is 5.65 Å². The molecule has 0 aromatic carbocycles. The van der Waals surface area contributed by atoms with Gasteiger partial charge in [0, 0.05) is 18.1 Å². The van der Waals surface area contributed by atoms with E-state index in [1.165, 1.54) is 18.5 Å². The summed E-state index contributed by atoms with van der Waals surface area (Å²) < 4.78 is 1.89. The molecule has 4 nitrogen and oxygen atoms in total. The third kappa shape index (κ3) is 1.21. The van der Waals surface area contributed by atoms with Gasteiger partial charge in [-0.25, -0.2) is 9.78 Å². The zero-order valence-electron chi connectivity index (χ0n) is 8.05. The average Bonchev–Trinajstić information content (AvgIpc) is 2.96. The van der Waals surface area contributed by atoms with Crippen LogP contribution in [-0.2, 0) is 0 Å². The summed E-state index contributed by atoms with van der Waals surface area (Å²) in [6.45, 7) is 0. The summed E-state index contributed by atoms with van der Waals surface area (Å²) in [5, 5.41) is 8.96. The molecule has 1 N–H and O–H groups in total. The largest absolute Gasteiger partial charge is 0.478 e. The maximum Gasteiger partial charge on any atom is 0.339 e. The van der Waals surface area contributed by atoms with Crippen LogP contribution >= 0.6 is 0 Å². The van der Waals surface area contributed by atoms with Crippen LogP contribution in [0.15, 0.2) is 24.5 Å². The lowest BCUT2D eigenvalue weighted by Gasteiger charge is -2.03. The first-order valence-electron chi connectivity index (χ1n) is 4.96. The van der Waals surface area contributed by atoms with Gasteiger partial charge < -0.3 is 9.51 Å². The van der Waals surface area contributed by atoms with Gasteiger partial charge in [0.1, 0.15) is 5.56 Å². The van der Waals surface area contributed by atoms with Gasteiger partial charge in [0.05, 0.1) is 0 Å². The van der Waals surface area contributed by atoms with E-state index in [0.29, 0.717) is 11.6 Å². The molecule has 1 aliphatic rings. The number of hydrogen-bond acceptors (Lipinski definition) is 2. The molecule has 0 unspecified atom stereocenters. The molecule has 0 amide bonds. The second kappa shape index (κ2) is 2.82. The Kier molecular flexibility index (Phi) is 1.59. The number of fused-ring (bicyclic) bond motifs is 1. The Morgan fingerprint density at radius 2 is 2.27 bits per heavy atom. The normalized spacial score (nSPS) is 15.7. The first-order chi connectivity index (χ1) is 7.27. The highest BCUT2D eigenvalue weighted by atomic mass is 16.4. The summed E-state index contributed by atoms with van der Waals surface area (Å²) in [5.41, 5.74) is 2.00. The molecule has 3 rings (SSSR count). The zero-order chi connectivity index (χ0) is 10.4. The van der Waals surface area contributed by atoms with Gasteiger partial charge >= 0.3 is 5.97 Å². The van der Waals surface area contributed by atoms with E-state index in [1.807, 2.05) is 10.5 Å². The Balaban J connectivity index is 2.27. The van der Waals surface area contributed by atoms with Crippen molar-refractivity contribution < 1.29 is 9.90 Å². The van der Waals surface area contributed by atoms with E-state index in [4.69, 9.17) is 5.11 Å². The molecule has 0 atom stereocenters. The van der Waals surface area contributed by atoms with Crippen LogP contribution in [0.3, 0.4) is 0 Å². The van der Waals surface area contributed by atoms with Crippen LogP contribution in [-0.4, -0.2) is 20.5 Å². The molecule has 0 bridgehead atoms. The fraction of sp³-hybridized carbons (Fsp3) is 0.273. The molecular weight excluding hydrogens is 192 g/mol. The average molecular weight is 202 g/mol. The van der Waals surface area contributed by atoms with Crippen LogP contribution in [0.4, 0.5) is 0 Å². The second-order valence-electron chi connectivity index (χ2n) is 3.87. The SMILES string of the molecule is O=C(O)c1ccn2c(C3CC3)ccnc12. The summed E-state index contributed by atoms with van der Waals surface area (Å²) in [6.07, 6.45) is 5.87. The zero-order valence-corrected chi connectivity index (χ0v) is 8.05. The number of carbonyl (C=O) groups is 1. The molecule has 2 aromatic rings. The van der Waals surface area contributed by atoms with Crippen molar-refractivity contribution in [3.8, 4) is 0 Å². The van der Waals surface area contributed by atoms with Crippen LogP contribution in [0, 0.1) is 0 Å². The topological polar surface area (TPSA) is 54.6 Å². The van der Waals surface area contributed by atoms with Crippen LogP contribution in [0.2, 0.25) is 0 Å². The van der Waals surface area contributed by atoms with E-state index in [2.05, 4.69) is 4.98 Å². The Labute approximate surface area is 86.2 Å². The minimum Gasteiger partial charge on any atom is -0.478 e. The number of carboxylic acids is 1. The van der Waals surface area contributed by atoms with Crippen molar-refractivity contribution in [2.24, 2.45) is 0 Å². The molecule has 76 valence electrons. The highest BCUT2D eigenvalue weighted by Gasteiger charge is 2.26. The van der Waals surface area contributed by atoms with E-state index >= 15 is 0 Å². The van der Waals surface area contributed by atoms with Crippen LogP contribution in [0.1, 0.15) is 34.8 Å². The Bertz CT molecular complexity index is 541.